The van der Waals surface area contributed by atoms with Crippen molar-refractivity contribution in [3.05, 3.63) is 53.5 Å². The number of carbonyl (C=O) groups is 1. The van der Waals surface area contributed by atoms with Crippen molar-refractivity contribution < 1.29 is 14.3 Å². The monoisotopic (exact) mass is 368 g/mol. The van der Waals surface area contributed by atoms with Crippen molar-refractivity contribution in [2.75, 3.05) is 31.2 Å². The fourth-order valence-electron chi connectivity index (χ4n) is 3.74. The standard InChI is InChI=1S/C20H24N4O3/c21-20(25)27-13-17-12-14(4-5-22-17)15-10-16(11-15)18-2-1-3-19(23-18)24-6-8-26-9-7-24/h1-5,12,15-16H,6-11,13H2,(H2,21,25). The quantitative estimate of drug-likeness (QED) is 0.872. The van der Waals surface area contributed by atoms with Gasteiger partial charge in [0, 0.05) is 30.9 Å². The minimum Gasteiger partial charge on any atom is -0.443 e. The lowest BCUT2D eigenvalue weighted by molar-refractivity contribution is 0.122. The van der Waals surface area contributed by atoms with Gasteiger partial charge in [0.1, 0.15) is 12.4 Å². The topological polar surface area (TPSA) is 90.6 Å². The third-order valence-electron chi connectivity index (χ3n) is 5.32. The molecule has 1 amide bonds. The Balaban J connectivity index is 1.38. The number of hydrogen-bond acceptors (Lipinski definition) is 6. The van der Waals surface area contributed by atoms with Gasteiger partial charge < -0.3 is 20.1 Å². The summed E-state index contributed by atoms with van der Waals surface area (Å²) in [6.07, 6.45) is 3.12. The van der Waals surface area contributed by atoms with Gasteiger partial charge in [0.05, 0.1) is 18.9 Å². The number of aromatic nitrogens is 2. The molecule has 7 heteroatoms. The number of carbonyl (C=O) groups excluding carboxylic acids is 1. The van der Waals surface area contributed by atoms with Gasteiger partial charge in [-0.15, -0.1) is 0 Å². The van der Waals surface area contributed by atoms with Crippen molar-refractivity contribution in [1.82, 2.24) is 9.97 Å². The van der Waals surface area contributed by atoms with E-state index in [2.05, 4.69) is 28.1 Å². The van der Waals surface area contributed by atoms with Crippen molar-refractivity contribution in [1.29, 1.82) is 0 Å². The molecule has 2 N–H and O–H groups in total. The van der Waals surface area contributed by atoms with E-state index in [0.717, 1.165) is 50.7 Å². The molecule has 0 radical (unpaired) electrons. The van der Waals surface area contributed by atoms with Crippen molar-refractivity contribution in [2.45, 2.75) is 31.3 Å². The van der Waals surface area contributed by atoms with Crippen LogP contribution in [0.25, 0.3) is 0 Å². The maximum Gasteiger partial charge on any atom is 0.404 e. The van der Waals surface area contributed by atoms with E-state index in [1.54, 1.807) is 6.20 Å². The summed E-state index contributed by atoms with van der Waals surface area (Å²) < 4.78 is 10.3. The minimum atomic E-state index is -0.780. The molecule has 142 valence electrons. The van der Waals surface area contributed by atoms with Gasteiger partial charge in [-0.2, -0.15) is 0 Å². The molecule has 1 saturated carbocycles. The molecule has 2 aliphatic rings. The summed E-state index contributed by atoms with van der Waals surface area (Å²) in [5.74, 6) is 2.02. The zero-order valence-corrected chi connectivity index (χ0v) is 15.2. The zero-order valence-electron chi connectivity index (χ0n) is 15.2. The van der Waals surface area contributed by atoms with E-state index in [-0.39, 0.29) is 6.61 Å². The minimum absolute atomic E-state index is 0.114. The summed E-state index contributed by atoms with van der Waals surface area (Å²) in [5, 5.41) is 0. The van der Waals surface area contributed by atoms with E-state index in [1.165, 1.54) is 11.3 Å². The Kier molecular flexibility index (Phi) is 5.20. The van der Waals surface area contributed by atoms with Crippen molar-refractivity contribution >= 4 is 11.9 Å². The number of pyridine rings is 2. The Hall–Kier alpha value is -2.67. The molecule has 27 heavy (non-hydrogen) atoms. The van der Waals surface area contributed by atoms with E-state index in [4.69, 9.17) is 20.2 Å². The van der Waals surface area contributed by atoms with Crippen LogP contribution in [0.1, 0.15) is 41.6 Å². The summed E-state index contributed by atoms with van der Waals surface area (Å²) >= 11 is 0. The fourth-order valence-corrected chi connectivity index (χ4v) is 3.74. The molecule has 1 aliphatic carbocycles. The molecule has 0 unspecified atom stereocenters. The first-order valence-electron chi connectivity index (χ1n) is 9.36. The van der Waals surface area contributed by atoms with Gasteiger partial charge in [0.15, 0.2) is 0 Å². The predicted octanol–water partition coefficient (Wildman–Crippen LogP) is 2.57. The first-order valence-corrected chi connectivity index (χ1v) is 9.36. The average molecular weight is 368 g/mol. The molecule has 2 aromatic heterocycles. The molecule has 2 fully saturated rings. The maximum absolute atomic E-state index is 10.8. The van der Waals surface area contributed by atoms with Crippen LogP contribution in [0.5, 0.6) is 0 Å². The van der Waals surface area contributed by atoms with Gasteiger partial charge in [0.2, 0.25) is 0 Å². The largest absolute Gasteiger partial charge is 0.443 e. The zero-order chi connectivity index (χ0) is 18.6. The molecular formula is C20H24N4O3. The van der Waals surface area contributed by atoms with Crippen LogP contribution in [0.2, 0.25) is 0 Å². The smallest absolute Gasteiger partial charge is 0.404 e. The number of primary amides is 1. The lowest BCUT2D eigenvalue weighted by Crippen LogP contribution is -2.37. The molecule has 1 aliphatic heterocycles. The first kappa shape index (κ1) is 17.7. The van der Waals surface area contributed by atoms with Crippen LogP contribution < -0.4 is 10.6 Å². The van der Waals surface area contributed by atoms with Gasteiger partial charge in [-0.05, 0) is 48.6 Å². The summed E-state index contributed by atoms with van der Waals surface area (Å²) in [6, 6.07) is 10.3. The number of nitrogens with zero attached hydrogens (tertiary/aromatic N) is 3. The second kappa shape index (κ2) is 7.92. The van der Waals surface area contributed by atoms with E-state index >= 15 is 0 Å². The van der Waals surface area contributed by atoms with Gasteiger partial charge in [-0.25, -0.2) is 9.78 Å². The highest BCUT2D eigenvalue weighted by Gasteiger charge is 2.32. The number of rotatable bonds is 5. The van der Waals surface area contributed by atoms with E-state index < -0.39 is 6.09 Å². The number of hydrogen-bond donors (Lipinski definition) is 1. The maximum atomic E-state index is 10.8. The second-order valence-electron chi connectivity index (χ2n) is 7.07. The van der Waals surface area contributed by atoms with Gasteiger partial charge in [-0.1, -0.05) is 6.07 Å². The summed E-state index contributed by atoms with van der Waals surface area (Å²) in [4.78, 5) is 22.2. The Bertz CT molecular complexity index is 801. The molecule has 0 atom stereocenters. The molecular weight excluding hydrogens is 344 g/mol. The average Bonchev–Trinajstić information content (AvgIpc) is 2.67. The van der Waals surface area contributed by atoms with Crippen LogP contribution in [0, 0.1) is 0 Å². The number of amides is 1. The van der Waals surface area contributed by atoms with Crippen LogP contribution in [0.15, 0.2) is 36.5 Å². The number of anilines is 1. The second-order valence-corrected chi connectivity index (χ2v) is 7.07. The Morgan fingerprint density at radius 1 is 1.22 bits per heavy atom. The van der Waals surface area contributed by atoms with Crippen LogP contribution >= 0.6 is 0 Å². The van der Waals surface area contributed by atoms with Gasteiger partial charge in [-0.3, -0.25) is 4.98 Å². The lowest BCUT2D eigenvalue weighted by atomic mass is 9.70. The van der Waals surface area contributed by atoms with Crippen molar-refractivity contribution in [3.63, 3.8) is 0 Å². The van der Waals surface area contributed by atoms with Crippen LogP contribution in [0.3, 0.4) is 0 Å². The molecule has 0 aromatic carbocycles. The fraction of sp³-hybridized carbons (Fsp3) is 0.450. The molecule has 1 saturated heterocycles. The molecule has 3 heterocycles. The molecule has 2 aromatic rings. The first-order chi connectivity index (χ1) is 13.2. The molecule has 0 bridgehead atoms. The normalized spacial score (nSPS) is 22.1. The highest BCUT2D eigenvalue weighted by Crippen LogP contribution is 2.47. The highest BCUT2D eigenvalue weighted by molar-refractivity contribution is 5.64. The van der Waals surface area contributed by atoms with E-state index in [0.29, 0.717) is 11.8 Å². The Labute approximate surface area is 158 Å². The Morgan fingerprint density at radius 3 is 2.81 bits per heavy atom. The van der Waals surface area contributed by atoms with E-state index in [9.17, 15) is 4.79 Å². The van der Waals surface area contributed by atoms with Crippen LogP contribution in [-0.2, 0) is 16.1 Å². The van der Waals surface area contributed by atoms with Gasteiger partial charge in [0.25, 0.3) is 0 Å². The molecule has 0 spiro atoms. The van der Waals surface area contributed by atoms with Crippen LogP contribution in [0.4, 0.5) is 10.6 Å². The number of morpholine rings is 1. The van der Waals surface area contributed by atoms with Crippen LogP contribution in [-0.4, -0.2) is 42.4 Å². The number of nitrogens with two attached hydrogens (primary N) is 1. The summed E-state index contributed by atoms with van der Waals surface area (Å²) in [7, 11) is 0. The Morgan fingerprint density at radius 2 is 2.04 bits per heavy atom. The SMILES string of the molecule is NC(=O)OCc1cc(C2CC(c3cccc(N4CCOCC4)n3)C2)ccn1. The highest BCUT2D eigenvalue weighted by atomic mass is 16.5. The third kappa shape index (κ3) is 4.19. The van der Waals surface area contributed by atoms with Crippen molar-refractivity contribution in [2.24, 2.45) is 5.73 Å². The van der Waals surface area contributed by atoms with E-state index in [1.807, 2.05) is 12.1 Å². The summed E-state index contributed by atoms with van der Waals surface area (Å²) in [6.45, 7) is 3.44. The summed E-state index contributed by atoms with van der Waals surface area (Å²) in [5.41, 5.74) is 8.14. The van der Waals surface area contributed by atoms with Gasteiger partial charge >= 0.3 is 6.09 Å². The number of ether oxygens (including phenoxy) is 2. The van der Waals surface area contributed by atoms with Crippen molar-refractivity contribution in [3.8, 4) is 0 Å². The predicted molar refractivity (Wildman–Crippen MR) is 101 cm³/mol. The lowest BCUT2D eigenvalue weighted by Gasteiger charge is -2.36. The third-order valence-corrected chi connectivity index (χ3v) is 5.32. The molecule has 4 rings (SSSR count). The molecule has 7 nitrogen and oxygen atoms in total.